The summed E-state index contributed by atoms with van der Waals surface area (Å²) in [5, 5.41) is 0.711. The number of aromatic nitrogens is 1. The molecule has 0 bridgehead atoms. The molecule has 1 amide bonds. The van der Waals surface area contributed by atoms with Gasteiger partial charge < -0.3 is 14.6 Å². The molecule has 4 nitrogen and oxygen atoms in total. The van der Waals surface area contributed by atoms with E-state index in [1.807, 2.05) is 13.8 Å². The summed E-state index contributed by atoms with van der Waals surface area (Å²) in [5.41, 5.74) is 1.26. The molecule has 1 aliphatic heterocycles. The normalized spacial score (nSPS) is 23.2. The minimum absolute atomic E-state index is 0.0320. The van der Waals surface area contributed by atoms with Crippen LogP contribution in [0.5, 0.6) is 0 Å². The third-order valence-corrected chi connectivity index (χ3v) is 3.52. The zero-order chi connectivity index (χ0) is 14.3. The number of benzene rings is 1. The summed E-state index contributed by atoms with van der Waals surface area (Å²) < 4.78 is 18.8. The molecule has 0 saturated carbocycles. The van der Waals surface area contributed by atoms with Crippen molar-refractivity contribution in [3.05, 3.63) is 35.8 Å². The van der Waals surface area contributed by atoms with E-state index in [1.165, 1.54) is 12.1 Å². The molecule has 2 heterocycles. The van der Waals surface area contributed by atoms with Crippen LogP contribution in [-0.4, -0.2) is 41.1 Å². The number of morpholine rings is 1. The summed E-state index contributed by atoms with van der Waals surface area (Å²) in [4.78, 5) is 17.3. The number of carbonyl (C=O) groups excluding carboxylic acids is 1. The van der Waals surface area contributed by atoms with Gasteiger partial charge in [0, 0.05) is 24.0 Å². The quantitative estimate of drug-likeness (QED) is 0.870. The lowest BCUT2D eigenvalue weighted by atomic mass is 10.2. The van der Waals surface area contributed by atoms with E-state index in [4.69, 9.17) is 4.74 Å². The third kappa shape index (κ3) is 2.41. The van der Waals surface area contributed by atoms with Gasteiger partial charge in [0.15, 0.2) is 0 Å². The number of ether oxygens (including phenoxy) is 1. The number of aromatic amines is 1. The van der Waals surface area contributed by atoms with Crippen LogP contribution < -0.4 is 0 Å². The summed E-state index contributed by atoms with van der Waals surface area (Å²) in [6.45, 7) is 5.06. The predicted octanol–water partition coefficient (Wildman–Crippen LogP) is 2.56. The largest absolute Gasteiger partial charge is 0.372 e. The highest BCUT2D eigenvalue weighted by Gasteiger charge is 2.27. The second-order valence-corrected chi connectivity index (χ2v) is 5.38. The van der Waals surface area contributed by atoms with Gasteiger partial charge in [-0.05, 0) is 38.1 Å². The van der Waals surface area contributed by atoms with Gasteiger partial charge in [0.1, 0.15) is 11.5 Å². The molecule has 106 valence electrons. The fourth-order valence-electron chi connectivity index (χ4n) is 2.73. The van der Waals surface area contributed by atoms with E-state index in [0.29, 0.717) is 24.2 Å². The number of amides is 1. The zero-order valence-corrected chi connectivity index (χ0v) is 11.5. The maximum Gasteiger partial charge on any atom is 0.270 e. The maximum atomic E-state index is 13.2. The average Bonchev–Trinajstić information content (AvgIpc) is 2.79. The highest BCUT2D eigenvalue weighted by atomic mass is 19.1. The molecular weight excluding hydrogens is 259 g/mol. The Balaban J connectivity index is 1.88. The number of halogens is 1. The number of nitrogens with zero attached hydrogens (tertiary/aromatic N) is 1. The van der Waals surface area contributed by atoms with E-state index >= 15 is 0 Å². The molecule has 0 spiro atoms. The van der Waals surface area contributed by atoms with Crippen molar-refractivity contribution in [2.24, 2.45) is 0 Å². The van der Waals surface area contributed by atoms with Crippen LogP contribution in [0.4, 0.5) is 4.39 Å². The van der Waals surface area contributed by atoms with Crippen LogP contribution in [0.2, 0.25) is 0 Å². The molecule has 1 aromatic carbocycles. The average molecular weight is 276 g/mol. The summed E-state index contributed by atoms with van der Waals surface area (Å²) in [5.74, 6) is -0.368. The Hall–Kier alpha value is -1.88. The first-order chi connectivity index (χ1) is 9.52. The molecule has 20 heavy (non-hydrogen) atoms. The van der Waals surface area contributed by atoms with Crippen molar-refractivity contribution in [1.29, 1.82) is 0 Å². The second-order valence-electron chi connectivity index (χ2n) is 5.38. The fraction of sp³-hybridized carbons (Fsp3) is 0.400. The Kier molecular flexibility index (Phi) is 3.22. The number of rotatable bonds is 1. The number of fused-ring (bicyclic) bond motifs is 1. The van der Waals surface area contributed by atoms with Gasteiger partial charge in [0.2, 0.25) is 0 Å². The molecule has 0 aliphatic carbocycles. The van der Waals surface area contributed by atoms with Crippen molar-refractivity contribution in [2.45, 2.75) is 26.1 Å². The van der Waals surface area contributed by atoms with Crippen molar-refractivity contribution < 1.29 is 13.9 Å². The lowest BCUT2D eigenvalue weighted by Crippen LogP contribution is -2.48. The van der Waals surface area contributed by atoms with Crippen LogP contribution >= 0.6 is 0 Å². The van der Waals surface area contributed by atoms with Gasteiger partial charge >= 0.3 is 0 Å². The molecule has 1 N–H and O–H groups in total. The Morgan fingerprint density at radius 1 is 1.30 bits per heavy atom. The van der Waals surface area contributed by atoms with Crippen molar-refractivity contribution in [2.75, 3.05) is 13.1 Å². The van der Waals surface area contributed by atoms with Crippen molar-refractivity contribution in [3.8, 4) is 0 Å². The molecule has 1 aromatic heterocycles. The van der Waals surface area contributed by atoms with E-state index in [2.05, 4.69) is 4.98 Å². The van der Waals surface area contributed by atoms with E-state index in [1.54, 1.807) is 17.0 Å². The molecule has 5 heteroatoms. The van der Waals surface area contributed by atoms with Crippen molar-refractivity contribution in [1.82, 2.24) is 9.88 Å². The van der Waals surface area contributed by atoms with Crippen LogP contribution in [0.15, 0.2) is 24.3 Å². The minimum atomic E-state index is -0.302. The Bertz CT molecular complexity index is 642. The minimum Gasteiger partial charge on any atom is -0.372 e. The maximum absolute atomic E-state index is 13.2. The molecule has 0 radical (unpaired) electrons. The molecule has 1 fully saturated rings. The summed E-state index contributed by atoms with van der Waals surface area (Å²) in [7, 11) is 0. The molecule has 1 saturated heterocycles. The summed E-state index contributed by atoms with van der Waals surface area (Å²) in [6.07, 6.45) is 0.0639. The number of hydrogen-bond donors (Lipinski definition) is 1. The number of H-pyrrole nitrogens is 1. The first kappa shape index (κ1) is 13.1. The lowest BCUT2D eigenvalue weighted by Gasteiger charge is -2.35. The van der Waals surface area contributed by atoms with Gasteiger partial charge in [-0.3, -0.25) is 4.79 Å². The van der Waals surface area contributed by atoms with Crippen LogP contribution in [0.25, 0.3) is 10.9 Å². The zero-order valence-electron chi connectivity index (χ0n) is 11.5. The number of carbonyl (C=O) groups is 1. The van der Waals surface area contributed by atoms with E-state index in [0.717, 1.165) is 5.52 Å². The Morgan fingerprint density at radius 3 is 2.70 bits per heavy atom. The van der Waals surface area contributed by atoms with Crippen LogP contribution in [-0.2, 0) is 4.74 Å². The first-order valence-corrected chi connectivity index (χ1v) is 6.76. The standard InChI is InChI=1S/C15H17FN2O2/c1-9-7-18(8-10(2)20-9)15(19)14-6-11-5-12(16)3-4-13(11)17-14/h3-6,9-10,17H,7-8H2,1-2H3/t9-,10-/m0/s1. The molecule has 3 rings (SSSR count). The van der Waals surface area contributed by atoms with E-state index in [-0.39, 0.29) is 23.9 Å². The third-order valence-electron chi connectivity index (χ3n) is 3.52. The molecule has 0 unspecified atom stereocenters. The summed E-state index contributed by atoms with van der Waals surface area (Å²) in [6, 6.07) is 6.15. The SMILES string of the molecule is C[C@H]1CN(C(=O)c2cc3cc(F)ccc3[nH]2)C[C@H](C)O1. The number of nitrogens with one attached hydrogen (secondary N) is 1. The highest BCUT2D eigenvalue weighted by molar-refractivity contribution is 5.98. The van der Waals surface area contributed by atoms with E-state index in [9.17, 15) is 9.18 Å². The first-order valence-electron chi connectivity index (χ1n) is 6.76. The van der Waals surface area contributed by atoms with E-state index < -0.39 is 0 Å². The molecule has 2 aromatic rings. The topological polar surface area (TPSA) is 45.3 Å². The molecule has 2 atom stereocenters. The highest BCUT2D eigenvalue weighted by Crippen LogP contribution is 2.19. The number of hydrogen-bond acceptors (Lipinski definition) is 2. The van der Waals surface area contributed by atoms with Gasteiger partial charge in [-0.2, -0.15) is 0 Å². The Morgan fingerprint density at radius 2 is 2.00 bits per heavy atom. The van der Waals surface area contributed by atoms with Gasteiger partial charge in [-0.15, -0.1) is 0 Å². The van der Waals surface area contributed by atoms with Gasteiger partial charge in [-0.25, -0.2) is 4.39 Å². The fourth-order valence-corrected chi connectivity index (χ4v) is 2.73. The predicted molar refractivity (Wildman–Crippen MR) is 74.2 cm³/mol. The van der Waals surface area contributed by atoms with Gasteiger partial charge in [0.05, 0.1) is 12.2 Å². The lowest BCUT2D eigenvalue weighted by molar-refractivity contribution is -0.0587. The monoisotopic (exact) mass is 276 g/mol. The molecule has 1 aliphatic rings. The van der Waals surface area contributed by atoms with Crippen molar-refractivity contribution >= 4 is 16.8 Å². The van der Waals surface area contributed by atoms with Crippen LogP contribution in [0, 0.1) is 5.82 Å². The Labute approximate surface area is 116 Å². The second kappa shape index (κ2) is 4.90. The van der Waals surface area contributed by atoms with Crippen LogP contribution in [0.3, 0.4) is 0 Å². The smallest absolute Gasteiger partial charge is 0.270 e. The van der Waals surface area contributed by atoms with Gasteiger partial charge in [-0.1, -0.05) is 0 Å². The van der Waals surface area contributed by atoms with Crippen molar-refractivity contribution in [3.63, 3.8) is 0 Å². The summed E-state index contributed by atoms with van der Waals surface area (Å²) >= 11 is 0. The van der Waals surface area contributed by atoms with Gasteiger partial charge in [0.25, 0.3) is 5.91 Å². The van der Waals surface area contributed by atoms with Crippen LogP contribution in [0.1, 0.15) is 24.3 Å². The molecular formula is C15H17FN2O2.